The number of fused-ring (bicyclic) bond motifs is 1. The van der Waals surface area contributed by atoms with Crippen LogP contribution < -0.4 is 10.1 Å². The van der Waals surface area contributed by atoms with Crippen molar-refractivity contribution in [2.45, 2.75) is 20.5 Å². The largest absolute Gasteiger partial charge is 0.494 e. The number of aryl methyl sites for hydroxylation is 1. The molecule has 0 amide bonds. The van der Waals surface area contributed by atoms with Gasteiger partial charge < -0.3 is 14.8 Å². The molecule has 0 spiro atoms. The van der Waals surface area contributed by atoms with Crippen molar-refractivity contribution < 1.29 is 9.47 Å². The van der Waals surface area contributed by atoms with Crippen LogP contribution in [-0.4, -0.2) is 25.7 Å². The van der Waals surface area contributed by atoms with Gasteiger partial charge in [-0.3, -0.25) is 0 Å². The molecule has 0 aliphatic carbocycles. The monoisotopic (exact) mass is 260 g/mol. The van der Waals surface area contributed by atoms with Crippen LogP contribution in [0.2, 0.25) is 0 Å². The van der Waals surface area contributed by atoms with Gasteiger partial charge in [0.15, 0.2) is 0 Å². The summed E-state index contributed by atoms with van der Waals surface area (Å²) in [5.41, 5.74) is 4.04. The fourth-order valence-corrected chi connectivity index (χ4v) is 2.25. The first kappa shape index (κ1) is 13.6. The molecule has 1 aromatic heterocycles. The van der Waals surface area contributed by atoms with Gasteiger partial charge in [-0.25, -0.2) is 4.98 Å². The first-order valence-electron chi connectivity index (χ1n) is 6.41. The number of hydrogen-bond acceptors (Lipinski definition) is 4. The van der Waals surface area contributed by atoms with Crippen molar-refractivity contribution in [3.05, 3.63) is 29.5 Å². The van der Waals surface area contributed by atoms with Gasteiger partial charge in [0.2, 0.25) is 0 Å². The van der Waals surface area contributed by atoms with Crippen LogP contribution in [-0.2, 0) is 11.3 Å². The van der Waals surface area contributed by atoms with Gasteiger partial charge >= 0.3 is 0 Å². The molecule has 4 heteroatoms. The summed E-state index contributed by atoms with van der Waals surface area (Å²) in [5, 5.41) is 4.50. The topological polar surface area (TPSA) is 43.4 Å². The molecule has 0 saturated heterocycles. The van der Waals surface area contributed by atoms with Crippen molar-refractivity contribution in [1.29, 1.82) is 0 Å². The number of anilines is 1. The molecule has 0 atom stereocenters. The smallest absolute Gasteiger partial charge is 0.145 e. The Hall–Kier alpha value is -1.81. The summed E-state index contributed by atoms with van der Waals surface area (Å²) in [5.74, 6) is 0.790. The molecular weight excluding hydrogens is 240 g/mol. The van der Waals surface area contributed by atoms with Crippen LogP contribution in [0.4, 0.5) is 5.69 Å². The third-order valence-corrected chi connectivity index (χ3v) is 3.06. The standard InChI is InChI=1S/C15H20N2O2/c1-5-16-12-8-11(9-18-3)17-15-13(19-4)7-6-10(2)14(12)15/h6-8H,5,9H2,1-4H3,(H,16,17). The molecule has 1 heterocycles. The van der Waals surface area contributed by atoms with Gasteiger partial charge in [0, 0.05) is 24.7 Å². The molecule has 2 rings (SSSR count). The Bertz CT molecular complexity index is 582. The van der Waals surface area contributed by atoms with E-state index in [1.54, 1.807) is 14.2 Å². The zero-order chi connectivity index (χ0) is 13.8. The number of nitrogens with one attached hydrogen (secondary N) is 1. The molecular formula is C15H20N2O2. The van der Waals surface area contributed by atoms with E-state index >= 15 is 0 Å². The van der Waals surface area contributed by atoms with Crippen LogP contribution in [0, 0.1) is 6.92 Å². The summed E-state index contributed by atoms with van der Waals surface area (Å²) in [6.07, 6.45) is 0. The molecule has 0 aliphatic rings. The van der Waals surface area contributed by atoms with Crippen molar-refractivity contribution in [3.63, 3.8) is 0 Å². The lowest BCUT2D eigenvalue weighted by Crippen LogP contribution is -2.03. The normalized spacial score (nSPS) is 10.7. The second-order valence-electron chi connectivity index (χ2n) is 4.43. The minimum Gasteiger partial charge on any atom is -0.494 e. The van der Waals surface area contributed by atoms with Crippen molar-refractivity contribution in [2.75, 3.05) is 26.1 Å². The van der Waals surface area contributed by atoms with Crippen molar-refractivity contribution in [3.8, 4) is 5.75 Å². The molecule has 0 aliphatic heterocycles. The van der Waals surface area contributed by atoms with E-state index in [2.05, 4.69) is 30.2 Å². The number of pyridine rings is 1. The zero-order valence-electron chi connectivity index (χ0n) is 11.9. The van der Waals surface area contributed by atoms with E-state index in [1.807, 2.05) is 12.1 Å². The van der Waals surface area contributed by atoms with Gasteiger partial charge in [-0.15, -0.1) is 0 Å². The molecule has 0 fully saturated rings. The summed E-state index contributed by atoms with van der Waals surface area (Å²) >= 11 is 0. The molecule has 0 radical (unpaired) electrons. The summed E-state index contributed by atoms with van der Waals surface area (Å²) in [7, 11) is 3.34. The van der Waals surface area contributed by atoms with Crippen LogP contribution in [0.5, 0.6) is 5.75 Å². The van der Waals surface area contributed by atoms with Crippen LogP contribution >= 0.6 is 0 Å². The highest BCUT2D eigenvalue weighted by molar-refractivity contribution is 5.97. The van der Waals surface area contributed by atoms with Crippen LogP contribution in [0.25, 0.3) is 10.9 Å². The minimum atomic E-state index is 0.491. The van der Waals surface area contributed by atoms with E-state index in [1.165, 1.54) is 5.56 Å². The highest BCUT2D eigenvalue weighted by Crippen LogP contribution is 2.32. The Balaban J connectivity index is 2.73. The van der Waals surface area contributed by atoms with Gasteiger partial charge in [0.05, 0.1) is 19.4 Å². The molecule has 2 aromatic rings. The van der Waals surface area contributed by atoms with Gasteiger partial charge in [-0.05, 0) is 31.5 Å². The van der Waals surface area contributed by atoms with Crippen molar-refractivity contribution >= 4 is 16.6 Å². The van der Waals surface area contributed by atoms with E-state index in [-0.39, 0.29) is 0 Å². The lowest BCUT2D eigenvalue weighted by molar-refractivity contribution is 0.182. The molecule has 0 bridgehead atoms. The Labute approximate surface area is 113 Å². The number of ether oxygens (including phenoxy) is 2. The van der Waals surface area contributed by atoms with Crippen molar-refractivity contribution in [1.82, 2.24) is 4.98 Å². The molecule has 0 saturated carbocycles. The highest BCUT2D eigenvalue weighted by atomic mass is 16.5. The second-order valence-corrected chi connectivity index (χ2v) is 4.43. The highest BCUT2D eigenvalue weighted by Gasteiger charge is 2.12. The predicted molar refractivity (Wildman–Crippen MR) is 77.9 cm³/mol. The molecule has 1 N–H and O–H groups in total. The maximum Gasteiger partial charge on any atom is 0.145 e. The lowest BCUT2D eigenvalue weighted by Gasteiger charge is -2.14. The summed E-state index contributed by atoms with van der Waals surface area (Å²) < 4.78 is 10.6. The SMILES string of the molecule is CCNc1cc(COC)nc2c(OC)ccc(C)c12. The Morgan fingerprint density at radius 2 is 2.05 bits per heavy atom. The van der Waals surface area contributed by atoms with Crippen molar-refractivity contribution in [2.24, 2.45) is 0 Å². The van der Waals surface area contributed by atoms with E-state index in [0.29, 0.717) is 6.61 Å². The number of hydrogen-bond donors (Lipinski definition) is 1. The summed E-state index contributed by atoms with van der Waals surface area (Å²) in [6.45, 7) is 5.52. The lowest BCUT2D eigenvalue weighted by atomic mass is 10.1. The summed E-state index contributed by atoms with van der Waals surface area (Å²) in [4.78, 5) is 4.65. The van der Waals surface area contributed by atoms with Gasteiger partial charge in [-0.1, -0.05) is 6.07 Å². The van der Waals surface area contributed by atoms with E-state index in [0.717, 1.165) is 34.6 Å². The predicted octanol–water partition coefficient (Wildman–Crippen LogP) is 3.13. The Morgan fingerprint density at radius 3 is 2.68 bits per heavy atom. The van der Waals surface area contributed by atoms with Crippen LogP contribution in [0.1, 0.15) is 18.2 Å². The quantitative estimate of drug-likeness (QED) is 0.897. The number of benzene rings is 1. The molecule has 102 valence electrons. The minimum absolute atomic E-state index is 0.491. The fourth-order valence-electron chi connectivity index (χ4n) is 2.25. The van der Waals surface area contributed by atoms with Crippen LogP contribution in [0.3, 0.4) is 0 Å². The first-order valence-corrected chi connectivity index (χ1v) is 6.41. The summed E-state index contributed by atoms with van der Waals surface area (Å²) in [6, 6.07) is 6.05. The third kappa shape index (κ3) is 2.63. The van der Waals surface area contributed by atoms with E-state index in [9.17, 15) is 0 Å². The first-order chi connectivity index (χ1) is 9.21. The Kier molecular flexibility index (Phi) is 4.22. The number of aromatic nitrogens is 1. The molecule has 19 heavy (non-hydrogen) atoms. The second kappa shape index (κ2) is 5.89. The average molecular weight is 260 g/mol. The average Bonchev–Trinajstić information content (AvgIpc) is 2.39. The zero-order valence-corrected chi connectivity index (χ0v) is 11.9. The fraction of sp³-hybridized carbons (Fsp3) is 0.400. The third-order valence-electron chi connectivity index (χ3n) is 3.06. The molecule has 4 nitrogen and oxygen atoms in total. The van der Waals surface area contributed by atoms with Crippen LogP contribution in [0.15, 0.2) is 18.2 Å². The van der Waals surface area contributed by atoms with Gasteiger partial charge in [-0.2, -0.15) is 0 Å². The molecule has 0 unspecified atom stereocenters. The maximum absolute atomic E-state index is 5.42. The number of nitrogens with zero attached hydrogens (tertiary/aromatic N) is 1. The van der Waals surface area contributed by atoms with Gasteiger partial charge in [0.25, 0.3) is 0 Å². The molecule has 1 aromatic carbocycles. The maximum atomic E-state index is 5.42. The number of methoxy groups -OCH3 is 2. The number of rotatable bonds is 5. The van der Waals surface area contributed by atoms with E-state index < -0.39 is 0 Å². The van der Waals surface area contributed by atoms with E-state index in [4.69, 9.17) is 9.47 Å². The Morgan fingerprint density at radius 1 is 1.26 bits per heavy atom. The van der Waals surface area contributed by atoms with Gasteiger partial charge in [0.1, 0.15) is 11.3 Å².